The fraction of sp³-hybridized carbons (Fsp3) is 0.133. The number of primary amides is 1. The predicted molar refractivity (Wildman–Crippen MR) is 73.9 cm³/mol. The van der Waals surface area contributed by atoms with Crippen LogP contribution >= 0.6 is 0 Å². The van der Waals surface area contributed by atoms with Gasteiger partial charge in [-0.15, -0.1) is 0 Å². The van der Waals surface area contributed by atoms with Crippen molar-refractivity contribution in [3.05, 3.63) is 54.1 Å². The van der Waals surface area contributed by atoms with E-state index in [0.717, 1.165) is 16.7 Å². The molecule has 0 spiro atoms. The van der Waals surface area contributed by atoms with Crippen LogP contribution in [0.2, 0.25) is 0 Å². The smallest absolute Gasteiger partial charge is 0.224 e. The third-order valence-corrected chi connectivity index (χ3v) is 3.09. The summed E-state index contributed by atoms with van der Waals surface area (Å²) in [7, 11) is 0. The second-order valence-corrected chi connectivity index (χ2v) is 4.33. The number of amides is 1. The number of nitrogen functional groups attached to an aromatic ring is 1. The third-order valence-electron chi connectivity index (χ3n) is 3.09. The van der Waals surface area contributed by atoms with Crippen LogP contribution in [-0.4, -0.2) is 5.91 Å². The standard InChI is InChI=1S/C15H16N2O/c1-10(15(17)18)13-9-12(7-8-14(13)16)11-5-3-2-4-6-11/h2-10H,16H2,1H3,(H2,17,18). The average molecular weight is 240 g/mol. The fourth-order valence-electron chi connectivity index (χ4n) is 1.91. The molecule has 0 saturated heterocycles. The number of hydrogen-bond donors (Lipinski definition) is 2. The van der Waals surface area contributed by atoms with Gasteiger partial charge in [-0.05, 0) is 35.7 Å². The van der Waals surface area contributed by atoms with Gasteiger partial charge in [0.15, 0.2) is 0 Å². The Kier molecular flexibility index (Phi) is 3.33. The van der Waals surface area contributed by atoms with Gasteiger partial charge >= 0.3 is 0 Å². The first-order valence-corrected chi connectivity index (χ1v) is 5.83. The number of rotatable bonds is 3. The van der Waals surface area contributed by atoms with Gasteiger partial charge in [0, 0.05) is 5.69 Å². The van der Waals surface area contributed by atoms with Crippen molar-refractivity contribution < 1.29 is 4.79 Å². The van der Waals surface area contributed by atoms with Crippen molar-refractivity contribution in [3.63, 3.8) is 0 Å². The first-order valence-electron chi connectivity index (χ1n) is 5.83. The average Bonchev–Trinajstić information content (AvgIpc) is 2.39. The Morgan fingerprint density at radius 3 is 2.33 bits per heavy atom. The molecule has 92 valence electrons. The molecule has 18 heavy (non-hydrogen) atoms. The molecule has 2 aromatic carbocycles. The summed E-state index contributed by atoms with van der Waals surface area (Å²) in [5, 5.41) is 0. The maximum Gasteiger partial charge on any atom is 0.224 e. The number of anilines is 1. The second kappa shape index (κ2) is 4.92. The Morgan fingerprint density at radius 1 is 1.06 bits per heavy atom. The van der Waals surface area contributed by atoms with Crippen LogP contribution in [0.25, 0.3) is 11.1 Å². The molecule has 0 aliphatic carbocycles. The first kappa shape index (κ1) is 12.2. The summed E-state index contributed by atoms with van der Waals surface area (Å²) in [5.41, 5.74) is 14.7. The van der Waals surface area contributed by atoms with E-state index >= 15 is 0 Å². The summed E-state index contributed by atoms with van der Waals surface area (Å²) >= 11 is 0. The third kappa shape index (κ3) is 2.35. The van der Waals surface area contributed by atoms with Crippen LogP contribution in [0.3, 0.4) is 0 Å². The Labute approximate surface area is 106 Å². The highest BCUT2D eigenvalue weighted by Crippen LogP contribution is 2.28. The minimum atomic E-state index is -0.381. The van der Waals surface area contributed by atoms with E-state index in [0.29, 0.717) is 5.69 Å². The van der Waals surface area contributed by atoms with Crippen LogP contribution in [0, 0.1) is 0 Å². The summed E-state index contributed by atoms with van der Waals surface area (Å²) in [5.74, 6) is -0.749. The van der Waals surface area contributed by atoms with E-state index in [1.54, 1.807) is 6.92 Å². The van der Waals surface area contributed by atoms with Gasteiger partial charge in [0.25, 0.3) is 0 Å². The van der Waals surface area contributed by atoms with E-state index in [-0.39, 0.29) is 11.8 Å². The molecule has 4 N–H and O–H groups in total. The maximum atomic E-state index is 11.3. The number of nitrogens with two attached hydrogens (primary N) is 2. The second-order valence-electron chi connectivity index (χ2n) is 4.33. The van der Waals surface area contributed by atoms with Crippen LogP contribution in [-0.2, 0) is 4.79 Å². The van der Waals surface area contributed by atoms with Crippen molar-refractivity contribution in [2.75, 3.05) is 5.73 Å². The highest BCUT2D eigenvalue weighted by Gasteiger charge is 2.15. The van der Waals surface area contributed by atoms with Crippen molar-refractivity contribution in [1.82, 2.24) is 0 Å². The van der Waals surface area contributed by atoms with Crippen LogP contribution < -0.4 is 11.5 Å². The number of benzene rings is 2. The molecule has 0 bridgehead atoms. The molecule has 0 radical (unpaired) electrons. The van der Waals surface area contributed by atoms with Gasteiger partial charge in [0.2, 0.25) is 5.91 Å². The number of carbonyl (C=O) groups is 1. The first-order chi connectivity index (χ1) is 8.59. The zero-order valence-electron chi connectivity index (χ0n) is 10.3. The molecule has 2 aromatic rings. The molecule has 0 aliphatic heterocycles. The van der Waals surface area contributed by atoms with Crippen molar-refractivity contribution in [2.45, 2.75) is 12.8 Å². The zero-order valence-corrected chi connectivity index (χ0v) is 10.3. The van der Waals surface area contributed by atoms with Gasteiger partial charge in [-0.2, -0.15) is 0 Å². The monoisotopic (exact) mass is 240 g/mol. The normalized spacial score (nSPS) is 12.1. The van der Waals surface area contributed by atoms with Crippen molar-refractivity contribution >= 4 is 11.6 Å². The molecule has 2 rings (SSSR count). The molecule has 0 heterocycles. The van der Waals surface area contributed by atoms with Gasteiger partial charge in [0.05, 0.1) is 5.92 Å². The van der Waals surface area contributed by atoms with Gasteiger partial charge in [-0.25, -0.2) is 0 Å². The number of hydrogen-bond acceptors (Lipinski definition) is 2. The summed E-state index contributed by atoms with van der Waals surface area (Å²) in [6.45, 7) is 1.77. The minimum Gasteiger partial charge on any atom is -0.398 e. The Hall–Kier alpha value is -2.29. The van der Waals surface area contributed by atoms with Crippen LogP contribution in [0.5, 0.6) is 0 Å². The zero-order chi connectivity index (χ0) is 13.1. The Balaban J connectivity index is 2.47. The van der Waals surface area contributed by atoms with Crippen LogP contribution in [0.4, 0.5) is 5.69 Å². The lowest BCUT2D eigenvalue weighted by atomic mass is 9.94. The van der Waals surface area contributed by atoms with Gasteiger partial charge in [-0.3, -0.25) is 4.79 Å². The van der Waals surface area contributed by atoms with E-state index in [9.17, 15) is 4.79 Å². The Morgan fingerprint density at radius 2 is 1.72 bits per heavy atom. The topological polar surface area (TPSA) is 69.1 Å². The lowest BCUT2D eigenvalue weighted by Gasteiger charge is -2.13. The summed E-state index contributed by atoms with van der Waals surface area (Å²) < 4.78 is 0. The largest absolute Gasteiger partial charge is 0.398 e. The predicted octanol–water partition coefficient (Wildman–Crippen LogP) is 2.52. The summed E-state index contributed by atoms with van der Waals surface area (Å²) in [4.78, 5) is 11.3. The fourth-order valence-corrected chi connectivity index (χ4v) is 1.91. The number of carbonyl (C=O) groups excluding carboxylic acids is 1. The van der Waals surface area contributed by atoms with E-state index in [4.69, 9.17) is 11.5 Å². The molecular weight excluding hydrogens is 224 g/mol. The molecule has 1 amide bonds. The van der Waals surface area contributed by atoms with E-state index in [1.807, 2.05) is 48.5 Å². The molecule has 1 atom stereocenters. The van der Waals surface area contributed by atoms with E-state index in [2.05, 4.69) is 0 Å². The van der Waals surface area contributed by atoms with Crippen molar-refractivity contribution in [1.29, 1.82) is 0 Å². The summed E-state index contributed by atoms with van der Waals surface area (Å²) in [6.07, 6.45) is 0. The molecule has 3 heteroatoms. The highest BCUT2D eigenvalue weighted by atomic mass is 16.1. The molecule has 0 fully saturated rings. The minimum absolute atomic E-state index is 0.369. The molecule has 1 unspecified atom stereocenters. The van der Waals surface area contributed by atoms with Gasteiger partial charge in [-0.1, -0.05) is 36.4 Å². The van der Waals surface area contributed by atoms with Crippen molar-refractivity contribution in [2.24, 2.45) is 5.73 Å². The van der Waals surface area contributed by atoms with E-state index in [1.165, 1.54) is 0 Å². The highest BCUT2D eigenvalue weighted by molar-refractivity contribution is 5.84. The SMILES string of the molecule is CC(C(N)=O)c1cc(-c2ccccc2)ccc1N. The molecule has 0 aliphatic rings. The molecule has 3 nitrogen and oxygen atoms in total. The van der Waals surface area contributed by atoms with Gasteiger partial charge in [0.1, 0.15) is 0 Å². The van der Waals surface area contributed by atoms with Crippen LogP contribution in [0.15, 0.2) is 48.5 Å². The summed E-state index contributed by atoms with van der Waals surface area (Å²) in [6, 6.07) is 15.6. The molecule has 0 aromatic heterocycles. The maximum absolute atomic E-state index is 11.3. The lowest BCUT2D eigenvalue weighted by Crippen LogP contribution is -2.19. The lowest BCUT2D eigenvalue weighted by molar-refractivity contribution is -0.119. The molecular formula is C15H16N2O. The van der Waals surface area contributed by atoms with Crippen LogP contribution in [0.1, 0.15) is 18.4 Å². The van der Waals surface area contributed by atoms with Crippen molar-refractivity contribution in [3.8, 4) is 11.1 Å². The molecule has 0 saturated carbocycles. The Bertz CT molecular complexity index is 564. The van der Waals surface area contributed by atoms with E-state index < -0.39 is 0 Å². The van der Waals surface area contributed by atoms with Gasteiger partial charge < -0.3 is 11.5 Å². The quantitative estimate of drug-likeness (QED) is 0.809.